The highest BCUT2D eigenvalue weighted by atomic mass is 16.2. The molecule has 0 aromatic carbocycles. The SMILES string of the molecule is Cc1nc(N2CCN(C(=O)C(C)C3CNC3)CC2)c2cnn(C)c2n1. The van der Waals surface area contributed by atoms with Crippen molar-refractivity contribution in [2.75, 3.05) is 44.2 Å². The second kappa shape index (κ2) is 6.25. The van der Waals surface area contributed by atoms with Gasteiger partial charge >= 0.3 is 0 Å². The zero-order valence-electron chi connectivity index (χ0n) is 15.1. The maximum Gasteiger partial charge on any atom is 0.225 e. The highest BCUT2D eigenvalue weighted by Crippen LogP contribution is 2.25. The Labute approximate surface area is 147 Å². The zero-order valence-corrected chi connectivity index (χ0v) is 15.1. The molecule has 8 heteroatoms. The van der Waals surface area contributed by atoms with Gasteiger partial charge in [-0.05, 0) is 25.9 Å². The highest BCUT2D eigenvalue weighted by molar-refractivity contribution is 5.87. The molecule has 1 unspecified atom stereocenters. The van der Waals surface area contributed by atoms with E-state index in [1.807, 2.05) is 25.1 Å². The summed E-state index contributed by atoms with van der Waals surface area (Å²) in [5.74, 6) is 2.57. The largest absolute Gasteiger partial charge is 0.352 e. The van der Waals surface area contributed by atoms with E-state index in [1.54, 1.807) is 4.68 Å². The van der Waals surface area contributed by atoms with E-state index in [1.165, 1.54) is 0 Å². The van der Waals surface area contributed by atoms with Gasteiger partial charge in [0.15, 0.2) is 5.65 Å². The fraction of sp³-hybridized carbons (Fsp3) is 0.647. The van der Waals surface area contributed by atoms with Crippen LogP contribution in [0.2, 0.25) is 0 Å². The van der Waals surface area contributed by atoms with Crippen LogP contribution in [-0.2, 0) is 11.8 Å². The van der Waals surface area contributed by atoms with Crippen molar-refractivity contribution in [1.29, 1.82) is 0 Å². The second-order valence-electron chi connectivity index (χ2n) is 7.12. The molecule has 25 heavy (non-hydrogen) atoms. The molecule has 1 amide bonds. The van der Waals surface area contributed by atoms with E-state index in [0.29, 0.717) is 5.92 Å². The minimum atomic E-state index is 0.110. The molecule has 2 aliphatic rings. The Bertz CT molecular complexity index is 790. The number of hydrogen-bond donors (Lipinski definition) is 1. The quantitative estimate of drug-likeness (QED) is 0.856. The number of amides is 1. The van der Waals surface area contributed by atoms with E-state index in [2.05, 4.69) is 32.2 Å². The van der Waals surface area contributed by atoms with Crippen LogP contribution in [0.25, 0.3) is 11.0 Å². The van der Waals surface area contributed by atoms with Crippen LogP contribution >= 0.6 is 0 Å². The topological polar surface area (TPSA) is 79.2 Å². The predicted octanol–water partition coefficient (Wildman–Crippen LogP) is 0.176. The molecule has 2 saturated heterocycles. The van der Waals surface area contributed by atoms with Gasteiger partial charge in [-0.25, -0.2) is 9.97 Å². The zero-order chi connectivity index (χ0) is 17.6. The summed E-state index contributed by atoms with van der Waals surface area (Å²) in [5, 5.41) is 8.54. The number of hydrogen-bond acceptors (Lipinski definition) is 6. The van der Waals surface area contributed by atoms with E-state index in [-0.39, 0.29) is 11.8 Å². The van der Waals surface area contributed by atoms with Crippen LogP contribution in [0.15, 0.2) is 6.20 Å². The maximum atomic E-state index is 12.7. The van der Waals surface area contributed by atoms with Crippen LogP contribution in [0.3, 0.4) is 0 Å². The molecule has 8 nitrogen and oxygen atoms in total. The van der Waals surface area contributed by atoms with Gasteiger partial charge in [-0.3, -0.25) is 9.48 Å². The lowest BCUT2D eigenvalue weighted by Gasteiger charge is -2.39. The first kappa shape index (κ1) is 16.3. The molecule has 134 valence electrons. The summed E-state index contributed by atoms with van der Waals surface area (Å²) in [7, 11) is 1.89. The van der Waals surface area contributed by atoms with Crippen LogP contribution in [0.4, 0.5) is 5.82 Å². The number of carbonyl (C=O) groups is 1. The van der Waals surface area contributed by atoms with Crippen molar-refractivity contribution in [2.45, 2.75) is 13.8 Å². The molecule has 1 atom stereocenters. The molecule has 2 fully saturated rings. The number of rotatable bonds is 3. The van der Waals surface area contributed by atoms with Crippen molar-refractivity contribution in [3.05, 3.63) is 12.0 Å². The average molecular weight is 343 g/mol. The molecule has 2 aliphatic heterocycles. The molecule has 4 heterocycles. The molecule has 2 aromatic rings. The third-order valence-corrected chi connectivity index (χ3v) is 5.48. The third-order valence-electron chi connectivity index (χ3n) is 5.48. The van der Waals surface area contributed by atoms with Gasteiger partial charge in [-0.2, -0.15) is 5.10 Å². The maximum absolute atomic E-state index is 12.7. The number of fused-ring (bicyclic) bond motifs is 1. The Morgan fingerprint density at radius 2 is 1.96 bits per heavy atom. The summed E-state index contributed by atoms with van der Waals surface area (Å²) >= 11 is 0. The highest BCUT2D eigenvalue weighted by Gasteiger charge is 2.33. The summed E-state index contributed by atoms with van der Waals surface area (Å²) < 4.78 is 1.78. The molecule has 2 aromatic heterocycles. The van der Waals surface area contributed by atoms with Crippen molar-refractivity contribution in [1.82, 2.24) is 30.0 Å². The van der Waals surface area contributed by atoms with Gasteiger partial charge in [0.05, 0.1) is 11.6 Å². The third kappa shape index (κ3) is 2.84. The van der Waals surface area contributed by atoms with Gasteiger partial charge in [0.2, 0.25) is 5.91 Å². The number of aromatic nitrogens is 4. The normalized spacial score (nSPS) is 20.0. The molecular weight excluding hydrogens is 318 g/mol. The fourth-order valence-electron chi connectivity index (χ4n) is 3.65. The minimum absolute atomic E-state index is 0.110. The van der Waals surface area contributed by atoms with Crippen LogP contribution in [-0.4, -0.2) is 69.8 Å². The monoisotopic (exact) mass is 343 g/mol. The van der Waals surface area contributed by atoms with Crippen LogP contribution in [0.1, 0.15) is 12.7 Å². The van der Waals surface area contributed by atoms with Crippen molar-refractivity contribution in [2.24, 2.45) is 18.9 Å². The van der Waals surface area contributed by atoms with Crippen LogP contribution in [0, 0.1) is 18.8 Å². The van der Waals surface area contributed by atoms with Crippen molar-refractivity contribution >= 4 is 22.8 Å². The summed E-state index contributed by atoms with van der Waals surface area (Å²) in [4.78, 5) is 26.1. The minimum Gasteiger partial charge on any atom is -0.352 e. The first-order valence-electron chi connectivity index (χ1n) is 8.95. The lowest BCUT2D eigenvalue weighted by atomic mass is 9.88. The Morgan fingerprint density at radius 1 is 1.24 bits per heavy atom. The number of piperazine rings is 1. The van der Waals surface area contributed by atoms with Gasteiger partial charge in [0.25, 0.3) is 0 Å². The number of carbonyl (C=O) groups excluding carboxylic acids is 1. The summed E-state index contributed by atoms with van der Waals surface area (Å²) in [6.45, 7) is 8.97. The molecular formula is C17H25N7O. The first-order valence-corrected chi connectivity index (χ1v) is 8.95. The van der Waals surface area contributed by atoms with Crippen LogP contribution < -0.4 is 10.2 Å². The predicted molar refractivity (Wildman–Crippen MR) is 95.4 cm³/mol. The molecule has 0 saturated carbocycles. The summed E-state index contributed by atoms with van der Waals surface area (Å²) in [6, 6.07) is 0. The number of anilines is 1. The molecule has 1 N–H and O–H groups in total. The fourth-order valence-corrected chi connectivity index (χ4v) is 3.65. The molecule has 0 spiro atoms. The Morgan fingerprint density at radius 3 is 2.60 bits per heavy atom. The smallest absolute Gasteiger partial charge is 0.225 e. The van der Waals surface area contributed by atoms with Crippen molar-refractivity contribution in [3.63, 3.8) is 0 Å². The molecule has 0 radical (unpaired) electrons. The average Bonchev–Trinajstić information content (AvgIpc) is 2.93. The van der Waals surface area contributed by atoms with E-state index in [9.17, 15) is 4.79 Å². The van der Waals surface area contributed by atoms with E-state index < -0.39 is 0 Å². The Hall–Kier alpha value is -2.22. The number of nitrogens with zero attached hydrogens (tertiary/aromatic N) is 6. The van der Waals surface area contributed by atoms with E-state index in [0.717, 1.165) is 61.9 Å². The summed E-state index contributed by atoms with van der Waals surface area (Å²) in [5.41, 5.74) is 0.854. The van der Waals surface area contributed by atoms with Gasteiger partial charge in [-0.15, -0.1) is 0 Å². The van der Waals surface area contributed by atoms with Gasteiger partial charge in [0.1, 0.15) is 11.6 Å². The molecule has 0 aliphatic carbocycles. The van der Waals surface area contributed by atoms with Gasteiger partial charge in [-0.1, -0.05) is 6.92 Å². The lowest BCUT2D eigenvalue weighted by Crippen LogP contribution is -2.54. The standard InChI is InChI=1S/C17H25N7O/c1-11(13-8-18-9-13)17(25)24-6-4-23(5-7-24)16-14-10-19-22(3)15(14)20-12(2)21-16/h10-11,13,18H,4-9H2,1-3H3. The van der Waals surface area contributed by atoms with E-state index >= 15 is 0 Å². The Kier molecular flexibility index (Phi) is 4.07. The molecule has 0 bridgehead atoms. The first-order chi connectivity index (χ1) is 12.0. The van der Waals surface area contributed by atoms with Crippen LogP contribution in [0.5, 0.6) is 0 Å². The van der Waals surface area contributed by atoms with E-state index in [4.69, 9.17) is 0 Å². The Balaban J connectivity index is 1.48. The lowest BCUT2D eigenvalue weighted by molar-refractivity contribution is -0.137. The van der Waals surface area contributed by atoms with Crippen molar-refractivity contribution in [3.8, 4) is 0 Å². The van der Waals surface area contributed by atoms with Gasteiger partial charge < -0.3 is 15.1 Å². The number of aryl methyl sites for hydroxylation is 2. The second-order valence-corrected chi connectivity index (χ2v) is 7.12. The van der Waals surface area contributed by atoms with Crippen molar-refractivity contribution < 1.29 is 4.79 Å². The van der Waals surface area contributed by atoms with Gasteiger partial charge in [0, 0.05) is 39.1 Å². The molecule has 4 rings (SSSR count). The number of nitrogens with one attached hydrogen (secondary N) is 1. The summed E-state index contributed by atoms with van der Waals surface area (Å²) in [6.07, 6.45) is 1.83.